The first-order valence-corrected chi connectivity index (χ1v) is 11.8. The molecule has 0 unspecified atom stereocenters. The van der Waals surface area contributed by atoms with Gasteiger partial charge < -0.3 is 4.74 Å². The summed E-state index contributed by atoms with van der Waals surface area (Å²) in [4.78, 5) is 24.1. The van der Waals surface area contributed by atoms with Gasteiger partial charge in [-0.15, -0.1) is 0 Å². The van der Waals surface area contributed by atoms with E-state index in [0.717, 1.165) is 24.0 Å². The second-order valence-corrected chi connectivity index (χ2v) is 8.39. The molecule has 0 saturated carbocycles. The number of ketones is 1. The molecule has 3 nitrogen and oxygen atoms in total. The minimum Gasteiger partial charge on any atom is -0.457 e. The molecule has 0 aliphatic rings. The van der Waals surface area contributed by atoms with Crippen LogP contribution in [0.4, 0.5) is 0 Å². The molecular formula is C26H42O3. The van der Waals surface area contributed by atoms with Crippen LogP contribution < -0.4 is 0 Å². The number of benzene rings is 1. The molecule has 0 radical (unpaired) electrons. The average molecular weight is 403 g/mol. The molecule has 0 aliphatic heterocycles. The summed E-state index contributed by atoms with van der Waals surface area (Å²) in [6, 6.07) is 5.77. The molecule has 0 atom stereocenters. The third-order valence-corrected chi connectivity index (χ3v) is 5.54. The highest BCUT2D eigenvalue weighted by molar-refractivity contribution is 5.99. The fourth-order valence-corrected chi connectivity index (χ4v) is 3.62. The molecule has 1 rings (SSSR count). The van der Waals surface area contributed by atoms with E-state index >= 15 is 0 Å². The van der Waals surface area contributed by atoms with E-state index in [-0.39, 0.29) is 18.4 Å². The maximum absolute atomic E-state index is 12.2. The van der Waals surface area contributed by atoms with Gasteiger partial charge >= 0.3 is 5.97 Å². The van der Waals surface area contributed by atoms with Crippen molar-refractivity contribution in [2.45, 2.75) is 111 Å². The summed E-state index contributed by atoms with van der Waals surface area (Å²) in [5, 5.41) is 0. The van der Waals surface area contributed by atoms with Crippen LogP contribution in [0, 0.1) is 13.8 Å². The Balaban J connectivity index is 1.96. The van der Waals surface area contributed by atoms with Crippen LogP contribution in [0.5, 0.6) is 0 Å². The second-order valence-electron chi connectivity index (χ2n) is 8.39. The van der Waals surface area contributed by atoms with Gasteiger partial charge in [0.05, 0.1) is 0 Å². The average Bonchev–Trinajstić information content (AvgIpc) is 2.71. The van der Waals surface area contributed by atoms with Crippen molar-refractivity contribution >= 4 is 11.8 Å². The van der Waals surface area contributed by atoms with Crippen molar-refractivity contribution in [1.29, 1.82) is 0 Å². The van der Waals surface area contributed by atoms with E-state index in [1.54, 1.807) is 0 Å². The summed E-state index contributed by atoms with van der Waals surface area (Å²) < 4.78 is 5.17. The molecule has 0 N–H and O–H groups in total. The zero-order valence-electron chi connectivity index (χ0n) is 19.1. The Morgan fingerprint density at radius 3 is 1.83 bits per heavy atom. The largest absolute Gasteiger partial charge is 0.457 e. The van der Waals surface area contributed by atoms with Gasteiger partial charge in [-0.25, -0.2) is 0 Å². The number of unbranched alkanes of at least 4 members (excludes halogenated alkanes) is 12. The summed E-state index contributed by atoms with van der Waals surface area (Å²) in [5.74, 6) is -0.378. The van der Waals surface area contributed by atoms with Gasteiger partial charge in [0.15, 0.2) is 6.61 Å². The van der Waals surface area contributed by atoms with Crippen molar-refractivity contribution in [2.75, 3.05) is 6.61 Å². The monoisotopic (exact) mass is 402 g/mol. The fraction of sp³-hybridized carbons (Fsp3) is 0.692. The van der Waals surface area contributed by atoms with Crippen LogP contribution in [0.3, 0.4) is 0 Å². The minimum absolute atomic E-state index is 0.120. The molecule has 1 aromatic carbocycles. The molecule has 0 spiro atoms. The zero-order valence-corrected chi connectivity index (χ0v) is 19.1. The number of hydrogen-bond acceptors (Lipinski definition) is 3. The first-order valence-electron chi connectivity index (χ1n) is 11.8. The van der Waals surface area contributed by atoms with E-state index < -0.39 is 0 Å². The number of rotatable bonds is 17. The van der Waals surface area contributed by atoms with Gasteiger partial charge in [-0.05, 0) is 31.9 Å². The van der Waals surface area contributed by atoms with E-state index in [1.165, 1.54) is 70.6 Å². The molecule has 3 heteroatoms. The van der Waals surface area contributed by atoms with Gasteiger partial charge in [-0.1, -0.05) is 102 Å². The quantitative estimate of drug-likeness (QED) is 0.154. The number of carbonyl (C=O) groups excluding carboxylic acids is 2. The lowest BCUT2D eigenvalue weighted by Crippen LogP contribution is -2.15. The van der Waals surface area contributed by atoms with Gasteiger partial charge in [0.25, 0.3) is 0 Å². The van der Waals surface area contributed by atoms with Gasteiger partial charge in [0.1, 0.15) is 0 Å². The number of Topliss-reactive ketones (excluding diaryl/α,β-unsaturated/α-hetero) is 1. The highest BCUT2D eigenvalue weighted by Crippen LogP contribution is 2.14. The van der Waals surface area contributed by atoms with Gasteiger partial charge in [-0.3, -0.25) is 9.59 Å². The van der Waals surface area contributed by atoms with Crippen LogP contribution in [-0.2, 0) is 9.53 Å². The summed E-state index contributed by atoms with van der Waals surface area (Å²) in [6.45, 7) is 5.97. The topological polar surface area (TPSA) is 43.4 Å². The lowest BCUT2D eigenvalue weighted by molar-refractivity contribution is -0.142. The highest BCUT2D eigenvalue weighted by atomic mass is 16.5. The predicted octanol–water partition coefficient (Wildman–Crippen LogP) is 7.51. The van der Waals surface area contributed by atoms with Crippen molar-refractivity contribution in [3.63, 3.8) is 0 Å². The molecule has 164 valence electrons. The van der Waals surface area contributed by atoms with Crippen LogP contribution in [-0.4, -0.2) is 18.4 Å². The fourth-order valence-electron chi connectivity index (χ4n) is 3.62. The summed E-state index contributed by atoms with van der Waals surface area (Å²) >= 11 is 0. The van der Waals surface area contributed by atoms with Crippen LogP contribution in [0.1, 0.15) is 118 Å². The molecule has 0 saturated heterocycles. The molecule has 0 aliphatic carbocycles. The Labute approximate surface area is 178 Å². The SMILES string of the molecule is CCCCCCCCCCCCCCCC(=O)OCC(=O)c1cc(C)ccc1C. The molecule has 0 aromatic heterocycles. The Kier molecular flexibility index (Phi) is 14.2. The van der Waals surface area contributed by atoms with Gasteiger partial charge in [-0.2, -0.15) is 0 Å². The Hall–Kier alpha value is -1.64. The smallest absolute Gasteiger partial charge is 0.306 e. The van der Waals surface area contributed by atoms with Crippen LogP contribution in [0.15, 0.2) is 18.2 Å². The van der Waals surface area contributed by atoms with Gasteiger partial charge in [0.2, 0.25) is 5.78 Å². The summed E-state index contributed by atoms with van der Waals surface area (Å²) in [5.41, 5.74) is 2.61. The lowest BCUT2D eigenvalue weighted by Gasteiger charge is -2.07. The molecule has 29 heavy (non-hydrogen) atoms. The number of hydrogen-bond donors (Lipinski definition) is 0. The van der Waals surface area contributed by atoms with Crippen molar-refractivity contribution in [3.05, 3.63) is 34.9 Å². The molecule has 0 heterocycles. The Bertz CT molecular complexity index is 592. The minimum atomic E-state index is -0.258. The van der Waals surface area contributed by atoms with Crippen molar-refractivity contribution in [3.8, 4) is 0 Å². The van der Waals surface area contributed by atoms with Crippen LogP contribution in [0.2, 0.25) is 0 Å². The van der Waals surface area contributed by atoms with Crippen LogP contribution >= 0.6 is 0 Å². The zero-order chi connectivity index (χ0) is 21.3. The first kappa shape index (κ1) is 25.4. The second kappa shape index (κ2) is 16.2. The number of carbonyl (C=O) groups is 2. The normalized spacial score (nSPS) is 10.9. The molecule has 1 aromatic rings. The lowest BCUT2D eigenvalue weighted by atomic mass is 10.0. The summed E-state index contributed by atoms with van der Waals surface area (Å²) in [7, 11) is 0. The van der Waals surface area contributed by atoms with E-state index in [0.29, 0.717) is 12.0 Å². The first-order chi connectivity index (χ1) is 14.0. The predicted molar refractivity (Wildman–Crippen MR) is 122 cm³/mol. The third-order valence-electron chi connectivity index (χ3n) is 5.54. The van der Waals surface area contributed by atoms with E-state index in [9.17, 15) is 9.59 Å². The van der Waals surface area contributed by atoms with Crippen molar-refractivity contribution in [1.82, 2.24) is 0 Å². The number of esters is 1. The summed E-state index contributed by atoms with van der Waals surface area (Å²) in [6.07, 6.45) is 17.1. The number of ether oxygens (including phenoxy) is 1. The maximum atomic E-state index is 12.2. The molecule has 0 amide bonds. The molecule has 0 fully saturated rings. The van der Waals surface area contributed by atoms with E-state index in [1.807, 2.05) is 32.0 Å². The molecular weight excluding hydrogens is 360 g/mol. The van der Waals surface area contributed by atoms with Crippen molar-refractivity contribution in [2.24, 2.45) is 0 Å². The highest BCUT2D eigenvalue weighted by Gasteiger charge is 2.12. The Morgan fingerprint density at radius 2 is 1.28 bits per heavy atom. The Morgan fingerprint density at radius 1 is 0.759 bits per heavy atom. The maximum Gasteiger partial charge on any atom is 0.306 e. The van der Waals surface area contributed by atoms with Crippen molar-refractivity contribution < 1.29 is 14.3 Å². The number of aryl methyl sites for hydroxylation is 2. The van der Waals surface area contributed by atoms with E-state index in [2.05, 4.69) is 6.92 Å². The van der Waals surface area contributed by atoms with E-state index in [4.69, 9.17) is 4.74 Å². The molecule has 0 bridgehead atoms. The third kappa shape index (κ3) is 12.5. The van der Waals surface area contributed by atoms with Gasteiger partial charge in [0, 0.05) is 12.0 Å². The van der Waals surface area contributed by atoms with Crippen LogP contribution in [0.25, 0.3) is 0 Å². The standard InChI is InChI=1S/C26H42O3/c1-4-5-6-7-8-9-10-11-12-13-14-15-16-17-26(28)29-21-25(27)24-20-22(2)18-19-23(24)3/h18-20H,4-17,21H2,1-3H3.